The van der Waals surface area contributed by atoms with E-state index < -0.39 is 5.97 Å². The van der Waals surface area contributed by atoms with Crippen molar-refractivity contribution in [3.05, 3.63) is 18.1 Å². The molecule has 18 heavy (non-hydrogen) atoms. The largest absolute Gasteiger partial charge is 0.476 e. The lowest BCUT2D eigenvalue weighted by Crippen LogP contribution is -2.11. The molecule has 0 saturated heterocycles. The first-order chi connectivity index (χ1) is 8.26. The number of carboxylic acids is 1. The molecule has 1 aliphatic carbocycles. The SMILES string of the molecule is CC1(C)C(CNc2cncc(C(=O)O)n2)C1(C)C. The van der Waals surface area contributed by atoms with Gasteiger partial charge in [-0.25, -0.2) is 9.78 Å². The van der Waals surface area contributed by atoms with Crippen LogP contribution in [0.3, 0.4) is 0 Å². The first-order valence-electron chi connectivity index (χ1n) is 6.06. The van der Waals surface area contributed by atoms with E-state index in [-0.39, 0.29) is 5.69 Å². The number of hydrogen-bond donors (Lipinski definition) is 2. The van der Waals surface area contributed by atoms with E-state index in [1.807, 2.05) is 0 Å². The van der Waals surface area contributed by atoms with Crippen molar-refractivity contribution in [2.75, 3.05) is 11.9 Å². The zero-order valence-corrected chi connectivity index (χ0v) is 11.2. The number of carboxylic acid groups (broad SMARTS) is 1. The standard InChI is InChI=1S/C13H19N3O2/c1-12(2)9(13(12,3)4)6-15-10-7-14-5-8(16-10)11(17)18/h5,7,9H,6H2,1-4H3,(H,15,16)(H,17,18). The zero-order chi connectivity index (χ0) is 13.6. The predicted octanol–water partition coefficient (Wildman–Crippen LogP) is 2.27. The second kappa shape index (κ2) is 3.93. The van der Waals surface area contributed by atoms with E-state index >= 15 is 0 Å². The third-order valence-corrected chi connectivity index (χ3v) is 4.66. The van der Waals surface area contributed by atoms with Crippen molar-refractivity contribution in [3.63, 3.8) is 0 Å². The maximum Gasteiger partial charge on any atom is 0.356 e. The van der Waals surface area contributed by atoms with Gasteiger partial charge >= 0.3 is 5.97 Å². The monoisotopic (exact) mass is 249 g/mol. The third kappa shape index (κ3) is 1.94. The van der Waals surface area contributed by atoms with Gasteiger partial charge in [0.15, 0.2) is 5.69 Å². The van der Waals surface area contributed by atoms with Gasteiger partial charge in [0.25, 0.3) is 0 Å². The minimum Gasteiger partial charge on any atom is -0.476 e. The van der Waals surface area contributed by atoms with Gasteiger partial charge in [-0.15, -0.1) is 0 Å². The molecule has 1 aromatic heterocycles. The van der Waals surface area contributed by atoms with E-state index in [1.54, 1.807) is 6.20 Å². The van der Waals surface area contributed by atoms with Crippen LogP contribution in [0.1, 0.15) is 38.2 Å². The Morgan fingerprint density at radius 3 is 2.44 bits per heavy atom. The van der Waals surface area contributed by atoms with Crippen LogP contribution in [0.4, 0.5) is 5.82 Å². The highest BCUT2D eigenvalue weighted by Gasteiger charge is 2.64. The van der Waals surface area contributed by atoms with Gasteiger partial charge in [0, 0.05) is 6.54 Å². The second-order valence-corrected chi connectivity index (χ2v) is 5.97. The molecule has 98 valence electrons. The van der Waals surface area contributed by atoms with Gasteiger partial charge in [0.05, 0.1) is 12.4 Å². The van der Waals surface area contributed by atoms with Crippen LogP contribution < -0.4 is 5.32 Å². The molecule has 0 radical (unpaired) electrons. The minimum atomic E-state index is -1.06. The van der Waals surface area contributed by atoms with Gasteiger partial charge < -0.3 is 10.4 Å². The van der Waals surface area contributed by atoms with E-state index in [1.165, 1.54) is 6.20 Å². The molecule has 0 aliphatic heterocycles. The summed E-state index contributed by atoms with van der Waals surface area (Å²) in [5.41, 5.74) is 0.574. The van der Waals surface area contributed by atoms with Crippen LogP contribution >= 0.6 is 0 Å². The molecule has 1 saturated carbocycles. The molecule has 0 bridgehead atoms. The summed E-state index contributed by atoms with van der Waals surface area (Å²) in [5.74, 6) is 0.0203. The topological polar surface area (TPSA) is 75.1 Å². The summed E-state index contributed by atoms with van der Waals surface area (Å²) in [5, 5.41) is 12.0. The lowest BCUT2D eigenvalue weighted by atomic mass is 10.0. The highest BCUT2D eigenvalue weighted by atomic mass is 16.4. The van der Waals surface area contributed by atoms with Crippen LogP contribution in [0, 0.1) is 16.7 Å². The zero-order valence-electron chi connectivity index (χ0n) is 11.2. The van der Waals surface area contributed by atoms with Gasteiger partial charge in [-0.1, -0.05) is 27.7 Å². The van der Waals surface area contributed by atoms with Crippen molar-refractivity contribution in [2.24, 2.45) is 16.7 Å². The van der Waals surface area contributed by atoms with Crippen molar-refractivity contribution in [1.82, 2.24) is 9.97 Å². The Labute approximate surface area is 107 Å². The van der Waals surface area contributed by atoms with Crippen LogP contribution in [-0.4, -0.2) is 27.6 Å². The highest BCUT2D eigenvalue weighted by molar-refractivity contribution is 5.85. The van der Waals surface area contributed by atoms with E-state index in [0.29, 0.717) is 22.6 Å². The van der Waals surface area contributed by atoms with Gasteiger partial charge in [-0.3, -0.25) is 4.98 Å². The van der Waals surface area contributed by atoms with Crippen molar-refractivity contribution in [3.8, 4) is 0 Å². The molecule has 5 nitrogen and oxygen atoms in total. The van der Waals surface area contributed by atoms with Crippen LogP contribution in [0.25, 0.3) is 0 Å². The number of carbonyl (C=O) groups is 1. The molecule has 1 aliphatic rings. The number of rotatable bonds is 4. The summed E-state index contributed by atoms with van der Waals surface area (Å²) in [7, 11) is 0. The van der Waals surface area contributed by atoms with Crippen molar-refractivity contribution in [2.45, 2.75) is 27.7 Å². The number of nitrogens with one attached hydrogen (secondary N) is 1. The number of aromatic carboxylic acids is 1. The maximum absolute atomic E-state index is 10.8. The summed E-state index contributed by atoms with van der Waals surface area (Å²) >= 11 is 0. The summed E-state index contributed by atoms with van der Waals surface area (Å²) in [6.07, 6.45) is 2.80. The molecule has 0 atom stereocenters. The van der Waals surface area contributed by atoms with Crippen LogP contribution in [0.2, 0.25) is 0 Å². The Morgan fingerprint density at radius 1 is 1.33 bits per heavy atom. The number of nitrogens with zero attached hydrogens (tertiary/aromatic N) is 2. The van der Waals surface area contributed by atoms with Crippen molar-refractivity contribution < 1.29 is 9.90 Å². The van der Waals surface area contributed by atoms with Crippen molar-refractivity contribution in [1.29, 1.82) is 0 Å². The molecule has 0 unspecified atom stereocenters. The normalized spacial score (nSPS) is 20.4. The fourth-order valence-electron chi connectivity index (χ4n) is 2.60. The van der Waals surface area contributed by atoms with Gasteiger partial charge in [0.1, 0.15) is 5.82 Å². The molecule has 0 amide bonds. The van der Waals surface area contributed by atoms with Gasteiger partial charge in [0.2, 0.25) is 0 Å². The van der Waals surface area contributed by atoms with Gasteiger partial charge in [-0.2, -0.15) is 0 Å². The van der Waals surface area contributed by atoms with Crippen LogP contribution in [-0.2, 0) is 0 Å². The van der Waals surface area contributed by atoms with Crippen LogP contribution in [0.5, 0.6) is 0 Å². The first kappa shape index (κ1) is 12.8. The molecule has 2 rings (SSSR count). The fraction of sp³-hybridized carbons (Fsp3) is 0.615. The maximum atomic E-state index is 10.8. The Bertz CT molecular complexity index is 469. The smallest absolute Gasteiger partial charge is 0.356 e. The predicted molar refractivity (Wildman–Crippen MR) is 68.5 cm³/mol. The molecule has 2 N–H and O–H groups in total. The summed E-state index contributed by atoms with van der Waals surface area (Å²) in [6.45, 7) is 9.78. The molecule has 1 fully saturated rings. The molecule has 0 aromatic carbocycles. The first-order valence-corrected chi connectivity index (χ1v) is 6.06. The Morgan fingerprint density at radius 2 is 1.94 bits per heavy atom. The third-order valence-electron chi connectivity index (χ3n) is 4.66. The minimum absolute atomic E-state index is 0.0330. The number of hydrogen-bond acceptors (Lipinski definition) is 4. The average Bonchev–Trinajstić information content (AvgIpc) is 2.67. The second-order valence-electron chi connectivity index (χ2n) is 5.97. The summed E-state index contributed by atoms with van der Waals surface area (Å²) in [4.78, 5) is 18.6. The Kier molecular flexibility index (Phi) is 2.80. The van der Waals surface area contributed by atoms with E-state index in [9.17, 15) is 4.79 Å². The fourth-order valence-corrected chi connectivity index (χ4v) is 2.60. The summed E-state index contributed by atoms with van der Waals surface area (Å²) in [6, 6.07) is 0. The Balaban J connectivity index is 2.00. The molecule has 1 aromatic rings. The van der Waals surface area contributed by atoms with E-state index in [4.69, 9.17) is 5.11 Å². The van der Waals surface area contributed by atoms with Crippen LogP contribution in [0.15, 0.2) is 12.4 Å². The van der Waals surface area contributed by atoms with E-state index in [2.05, 4.69) is 43.0 Å². The molecule has 0 spiro atoms. The molecule has 1 heterocycles. The highest BCUT2D eigenvalue weighted by Crippen LogP contribution is 2.68. The Hall–Kier alpha value is -1.65. The molecule has 5 heteroatoms. The number of aromatic nitrogens is 2. The van der Waals surface area contributed by atoms with Crippen molar-refractivity contribution >= 4 is 11.8 Å². The van der Waals surface area contributed by atoms with E-state index in [0.717, 1.165) is 6.54 Å². The lowest BCUT2D eigenvalue weighted by Gasteiger charge is -2.06. The number of anilines is 1. The molecular formula is C13H19N3O2. The lowest BCUT2D eigenvalue weighted by molar-refractivity contribution is 0.0690. The molecular weight excluding hydrogens is 230 g/mol. The average molecular weight is 249 g/mol. The summed E-state index contributed by atoms with van der Waals surface area (Å²) < 4.78 is 0. The quantitative estimate of drug-likeness (QED) is 0.856. The van der Waals surface area contributed by atoms with Gasteiger partial charge in [-0.05, 0) is 16.7 Å².